The number of aromatic nitrogens is 1. The predicted molar refractivity (Wildman–Crippen MR) is 60.9 cm³/mol. The first kappa shape index (κ1) is 10.4. The van der Waals surface area contributed by atoms with Gasteiger partial charge in [0, 0.05) is 18.1 Å². The van der Waals surface area contributed by atoms with Crippen LogP contribution in [0.25, 0.3) is 10.8 Å². The third kappa shape index (κ3) is 1.48. The van der Waals surface area contributed by atoms with Crippen LogP contribution in [0.5, 0.6) is 0 Å². The molecule has 82 valence electrons. The van der Waals surface area contributed by atoms with Gasteiger partial charge in [-0.1, -0.05) is 6.07 Å². The smallest absolute Gasteiger partial charge is 0.335 e. The van der Waals surface area contributed by atoms with Crippen molar-refractivity contribution in [1.82, 2.24) is 4.57 Å². The van der Waals surface area contributed by atoms with Crippen molar-refractivity contribution in [3.05, 3.63) is 45.9 Å². The van der Waals surface area contributed by atoms with Crippen molar-refractivity contribution in [2.24, 2.45) is 7.05 Å². The Morgan fingerprint density at radius 2 is 2.00 bits per heavy atom. The number of hydrogen-bond acceptors (Lipinski definition) is 2. The second kappa shape index (κ2) is 3.48. The molecule has 4 heteroatoms. The Morgan fingerprint density at radius 3 is 2.62 bits per heavy atom. The molecule has 0 spiro atoms. The van der Waals surface area contributed by atoms with Gasteiger partial charge < -0.3 is 9.67 Å². The number of benzene rings is 1. The van der Waals surface area contributed by atoms with E-state index in [1.54, 1.807) is 13.1 Å². The lowest BCUT2D eigenvalue weighted by molar-refractivity contribution is 0.0697. The first-order valence-corrected chi connectivity index (χ1v) is 4.84. The van der Waals surface area contributed by atoms with E-state index in [1.165, 1.54) is 16.7 Å². The summed E-state index contributed by atoms with van der Waals surface area (Å²) in [5, 5.41) is 10.1. The Balaban J connectivity index is 2.88. The Bertz CT molecular complexity index is 640. The number of pyridine rings is 1. The standard InChI is InChI=1S/C12H11NO3/c1-7-5-8-3-4-9(12(15)16)6-10(8)11(14)13(7)2/h3-6H,1-2H3,(H,15,16). The number of rotatable bonds is 1. The quantitative estimate of drug-likeness (QED) is 0.788. The molecule has 0 saturated carbocycles. The average Bonchev–Trinajstić information content (AvgIpc) is 2.25. The van der Waals surface area contributed by atoms with E-state index < -0.39 is 5.97 Å². The predicted octanol–water partition coefficient (Wildman–Crippen LogP) is 1.55. The van der Waals surface area contributed by atoms with Gasteiger partial charge >= 0.3 is 5.97 Å². The molecule has 2 rings (SSSR count). The summed E-state index contributed by atoms with van der Waals surface area (Å²) in [6, 6.07) is 6.44. The fourth-order valence-corrected chi connectivity index (χ4v) is 1.66. The maximum atomic E-state index is 11.9. The molecule has 0 amide bonds. The third-order valence-corrected chi connectivity index (χ3v) is 2.73. The third-order valence-electron chi connectivity index (χ3n) is 2.73. The Kier molecular flexibility index (Phi) is 2.27. The zero-order chi connectivity index (χ0) is 11.9. The summed E-state index contributed by atoms with van der Waals surface area (Å²) in [7, 11) is 1.67. The van der Waals surface area contributed by atoms with Crippen molar-refractivity contribution in [2.75, 3.05) is 0 Å². The van der Waals surface area contributed by atoms with Crippen LogP contribution in [0.4, 0.5) is 0 Å². The monoisotopic (exact) mass is 217 g/mol. The molecule has 0 saturated heterocycles. The fourth-order valence-electron chi connectivity index (χ4n) is 1.66. The first-order valence-electron chi connectivity index (χ1n) is 4.84. The molecule has 0 aliphatic rings. The molecular formula is C12H11NO3. The Morgan fingerprint density at radius 1 is 1.31 bits per heavy atom. The average molecular weight is 217 g/mol. The highest BCUT2D eigenvalue weighted by atomic mass is 16.4. The molecule has 1 aromatic carbocycles. The van der Waals surface area contributed by atoms with Gasteiger partial charge in [0.15, 0.2) is 0 Å². The zero-order valence-corrected chi connectivity index (χ0v) is 9.02. The van der Waals surface area contributed by atoms with Crippen LogP contribution < -0.4 is 5.56 Å². The number of carboxylic acids is 1. The molecule has 4 nitrogen and oxygen atoms in total. The van der Waals surface area contributed by atoms with Crippen molar-refractivity contribution in [1.29, 1.82) is 0 Å². The highest BCUT2D eigenvalue weighted by molar-refractivity contribution is 5.94. The van der Waals surface area contributed by atoms with Crippen LogP contribution in [0.1, 0.15) is 16.1 Å². The molecule has 0 bridgehead atoms. The molecule has 0 unspecified atom stereocenters. The van der Waals surface area contributed by atoms with Crippen LogP contribution in [0, 0.1) is 6.92 Å². The largest absolute Gasteiger partial charge is 0.478 e. The summed E-state index contributed by atoms with van der Waals surface area (Å²) in [5.41, 5.74) is 0.812. The summed E-state index contributed by atoms with van der Waals surface area (Å²) in [5.74, 6) is -1.02. The number of nitrogens with zero attached hydrogens (tertiary/aromatic N) is 1. The molecule has 2 aromatic rings. The molecule has 0 aliphatic heterocycles. The topological polar surface area (TPSA) is 59.3 Å². The first-order chi connectivity index (χ1) is 7.50. The normalized spacial score (nSPS) is 10.6. The molecule has 1 N–H and O–H groups in total. The SMILES string of the molecule is Cc1cc2ccc(C(=O)O)cc2c(=O)n1C. The van der Waals surface area contributed by atoms with Gasteiger partial charge in [0.2, 0.25) is 0 Å². The van der Waals surface area contributed by atoms with Gasteiger partial charge in [0.1, 0.15) is 0 Å². The van der Waals surface area contributed by atoms with Crippen LogP contribution in [-0.4, -0.2) is 15.6 Å². The van der Waals surface area contributed by atoms with Gasteiger partial charge in [-0.2, -0.15) is 0 Å². The van der Waals surface area contributed by atoms with Gasteiger partial charge in [0.05, 0.1) is 5.56 Å². The van der Waals surface area contributed by atoms with Crippen LogP contribution in [0.3, 0.4) is 0 Å². The maximum Gasteiger partial charge on any atom is 0.335 e. The zero-order valence-electron chi connectivity index (χ0n) is 9.02. The Labute approximate surface area is 91.8 Å². The number of carbonyl (C=O) groups is 1. The second-order valence-electron chi connectivity index (χ2n) is 3.76. The van der Waals surface area contributed by atoms with Crippen LogP contribution in [0.15, 0.2) is 29.1 Å². The second-order valence-corrected chi connectivity index (χ2v) is 3.76. The minimum absolute atomic E-state index is 0.133. The summed E-state index contributed by atoms with van der Waals surface area (Å²) < 4.78 is 1.51. The van der Waals surface area contributed by atoms with Crippen LogP contribution in [-0.2, 0) is 7.05 Å². The molecule has 16 heavy (non-hydrogen) atoms. The van der Waals surface area contributed by atoms with E-state index in [1.807, 2.05) is 13.0 Å². The lowest BCUT2D eigenvalue weighted by Gasteiger charge is -2.06. The number of carboxylic acid groups (broad SMARTS) is 1. The van der Waals surface area contributed by atoms with Crippen LogP contribution in [0.2, 0.25) is 0 Å². The highest BCUT2D eigenvalue weighted by Gasteiger charge is 2.07. The lowest BCUT2D eigenvalue weighted by Crippen LogP contribution is -2.19. The van der Waals surface area contributed by atoms with E-state index in [4.69, 9.17) is 5.11 Å². The Hall–Kier alpha value is -2.10. The van der Waals surface area contributed by atoms with Gasteiger partial charge in [0.25, 0.3) is 5.56 Å². The van der Waals surface area contributed by atoms with Gasteiger partial charge in [-0.15, -0.1) is 0 Å². The van der Waals surface area contributed by atoms with E-state index in [0.29, 0.717) is 5.39 Å². The van der Waals surface area contributed by atoms with E-state index in [9.17, 15) is 9.59 Å². The van der Waals surface area contributed by atoms with Crippen molar-refractivity contribution in [3.63, 3.8) is 0 Å². The van der Waals surface area contributed by atoms with Gasteiger partial charge in [-0.25, -0.2) is 4.79 Å². The maximum absolute atomic E-state index is 11.9. The van der Waals surface area contributed by atoms with E-state index in [2.05, 4.69) is 0 Å². The van der Waals surface area contributed by atoms with E-state index >= 15 is 0 Å². The summed E-state index contributed by atoms with van der Waals surface area (Å²) >= 11 is 0. The van der Waals surface area contributed by atoms with Gasteiger partial charge in [-0.05, 0) is 30.5 Å². The van der Waals surface area contributed by atoms with E-state index in [-0.39, 0.29) is 11.1 Å². The molecule has 1 aromatic heterocycles. The molecule has 0 fully saturated rings. The minimum atomic E-state index is -1.02. The number of fused-ring (bicyclic) bond motifs is 1. The van der Waals surface area contributed by atoms with Crippen LogP contribution >= 0.6 is 0 Å². The molecule has 0 aliphatic carbocycles. The molecular weight excluding hydrogens is 206 g/mol. The minimum Gasteiger partial charge on any atom is -0.478 e. The van der Waals surface area contributed by atoms with Crippen molar-refractivity contribution < 1.29 is 9.90 Å². The summed E-state index contributed by atoms with van der Waals surface area (Å²) in [6.07, 6.45) is 0. The summed E-state index contributed by atoms with van der Waals surface area (Å²) in [6.45, 7) is 1.84. The molecule has 0 atom stereocenters. The highest BCUT2D eigenvalue weighted by Crippen LogP contribution is 2.13. The van der Waals surface area contributed by atoms with Crippen molar-refractivity contribution >= 4 is 16.7 Å². The molecule has 1 heterocycles. The van der Waals surface area contributed by atoms with Gasteiger partial charge in [-0.3, -0.25) is 4.79 Å². The summed E-state index contributed by atoms with van der Waals surface area (Å²) in [4.78, 5) is 22.7. The number of aromatic carboxylic acids is 1. The van der Waals surface area contributed by atoms with Crippen molar-refractivity contribution in [3.8, 4) is 0 Å². The fraction of sp³-hybridized carbons (Fsp3) is 0.167. The van der Waals surface area contributed by atoms with Crippen molar-refractivity contribution in [2.45, 2.75) is 6.92 Å². The number of aryl methyl sites for hydroxylation is 1. The number of hydrogen-bond donors (Lipinski definition) is 1. The lowest BCUT2D eigenvalue weighted by atomic mass is 10.1. The van der Waals surface area contributed by atoms with E-state index in [0.717, 1.165) is 11.1 Å². The molecule has 0 radical (unpaired) electrons.